The van der Waals surface area contributed by atoms with Crippen molar-refractivity contribution in [2.45, 2.75) is 13.3 Å². The second-order valence-corrected chi connectivity index (χ2v) is 4.48. The highest BCUT2D eigenvalue weighted by Crippen LogP contribution is 2.17. The first-order valence-corrected chi connectivity index (χ1v) is 6.79. The van der Waals surface area contributed by atoms with Crippen molar-refractivity contribution < 1.29 is 14.3 Å². The van der Waals surface area contributed by atoms with E-state index in [0.29, 0.717) is 17.8 Å². The summed E-state index contributed by atoms with van der Waals surface area (Å²) in [6.07, 6.45) is 0.671. The molecular formula is C15H19N3O3. The Bertz CT molecular complexity index is 608. The molecule has 1 aromatic carbocycles. The molecule has 0 aliphatic rings. The molecular weight excluding hydrogens is 270 g/mol. The summed E-state index contributed by atoms with van der Waals surface area (Å²) < 4.78 is 12.1. The summed E-state index contributed by atoms with van der Waals surface area (Å²) in [6.45, 7) is 2.37. The summed E-state index contributed by atoms with van der Waals surface area (Å²) in [5.41, 5.74) is 7.26. The molecule has 0 fully saturated rings. The van der Waals surface area contributed by atoms with Gasteiger partial charge in [-0.3, -0.25) is 4.68 Å². The van der Waals surface area contributed by atoms with E-state index in [1.807, 2.05) is 37.3 Å². The average molecular weight is 289 g/mol. The number of aromatic nitrogens is 2. The van der Waals surface area contributed by atoms with Crippen LogP contribution in [-0.4, -0.2) is 29.0 Å². The van der Waals surface area contributed by atoms with Gasteiger partial charge in [-0.1, -0.05) is 25.1 Å². The molecule has 112 valence electrons. The molecule has 0 bridgehead atoms. The van der Waals surface area contributed by atoms with Crippen LogP contribution in [-0.2, 0) is 18.2 Å². The fourth-order valence-corrected chi connectivity index (χ4v) is 1.98. The number of aryl methyl sites for hydroxylation is 2. The SMILES string of the molecule is CCc1nn(C)c(C(=O)OCCOc2ccccc2)c1N. The second-order valence-electron chi connectivity index (χ2n) is 4.48. The van der Waals surface area contributed by atoms with Gasteiger partial charge in [-0.25, -0.2) is 4.79 Å². The molecule has 6 nitrogen and oxygen atoms in total. The smallest absolute Gasteiger partial charge is 0.358 e. The normalized spacial score (nSPS) is 10.4. The van der Waals surface area contributed by atoms with Gasteiger partial charge in [-0.15, -0.1) is 0 Å². The van der Waals surface area contributed by atoms with Gasteiger partial charge in [0.1, 0.15) is 19.0 Å². The number of benzene rings is 1. The number of carbonyl (C=O) groups excluding carboxylic acids is 1. The summed E-state index contributed by atoms with van der Waals surface area (Å²) >= 11 is 0. The minimum atomic E-state index is -0.487. The van der Waals surface area contributed by atoms with E-state index in [-0.39, 0.29) is 18.9 Å². The van der Waals surface area contributed by atoms with Crippen molar-refractivity contribution >= 4 is 11.7 Å². The molecule has 6 heteroatoms. The Morgan fingerprint density at radius 3 is 2.62 bits per heavy atom. The number of esters is 1. The van der Waals surface area contributed by atoms with Crippen molar-refractivity contribution in [3.63, 3.8) is 0 Å². The second kappa shape index (κ2) is 6.78. The first-order valence-electron chi connectivity index (χ1n) is 6.79. The molecule has 2 rings (SSSR count). The Morgan fingerprint density at radius 1 is 1.29 bits per heavy atom. The highest BCUT2D eigenvalue weighted by Gasteiger charge is 2.20. The molecule has 0 atom stereocenters. The van der Waals surface area contributed by atoms with E-state index in [4.69, 9.17) is 15.2 Å². The van der Waals surface area contributed by atoms with Gasteiger partial charge in [-0.05, 0) is 18.6 Å². The zero-order valence-electron chi connectivity index (χ0n) is 12.2. The van der Waals surface area contributed by atoms with E-state index in [0.717, 1.165) is 5.75 Å². The average Bonchev–Trinajstić information content (AvgIpc) is 2.79. The zero-order chi connectivity index (χ0) is 15.2. The van der Waals surface area contributed by atoms with Crippen molar-refractivity contribution in [1.29, 1.82) is 0 Å². The third-order valence-corrected chi connectivity index (χ3v) is 3.02. The van der Waals surface area contributed by atoms with Gasteiger partial charge in [0, 0.05) is 7.05 Å². The van der Waals surface area contributed by atoms with Crippen LogP contribution in [0.4, 0.5) is 5.69 Å². The number of anilines is 1. The molecule has 0 amide bonds. The van der Waals surface area contributed by atoms with Gasteiger partial charge in [0.15, 0.2) is 5.69 Å². The summed E-state index contributed by atoms with van der Waals surface area (Å²) in [5, 5.41) is 4.19. The van der Waals surface area contributed by atoms with Gasteiger partial charge in [0.25, 0.3) is 0 Å². The third kappa shape index (κ3) is 3.53. The number of nitrogen functional groups attached to an aromatic ring is 1. The van der Waals surface area contributed by atoms with Crippen LogP contribution in [0.25, 0.3) is 0 Å². The molecule has 0 aliphatic carbocycles. The number of rotatable bonds is 6. The molecule has 0 spiro atoms. The monoisotopic (exact) mass is 289 g/mol. The zero-order valence-corrected chi connectivity index (χ0v) is 12.2. The predicted octanol–water partition coefficient (Wildman–Crippen LogP) is 1.80. The summed E-state index contributed by atoms with van der Waals surface area (Å²) in [4.78, 5) is 12.0. The Hall–Kier alpha value is -2.50. The molecule has 2 N–H and O–H groups in total. The lowest BCUT2D eigenvalue weighted by atomic mass is 10.2. The maximum absolute atomic E-state index is 12.0. The first-order chi connectivity index (χ1) is 10.1. The molecule has 21 heavy (non-hydrogen) atoms. The number of hydrogen-bond donors (Lipinski definition) is 1. The van der Waals surface area contributed by atoms with Crippen molar-refractivity contribution in [3.8, 4) is 5.75 Å². The largest absolute Gasteiger partial charge is 0.490 e. The van der Waals surface area contributed by atoms with Gasteiger partial charge < -0.3 is 15.2 Å². The van der Waals surface area contributed by atoms with Gasteiger partial charge in [-0.2, -0.15) is 5.10 Å². The minimum Gasteiger partial charge on any atom is -0.490 e. The Kier molecular flexibility index (Phi) is 4.81. The minimum absolute atomic E-state index is 0.153. The molecule has 0 saturated heterocycles. The number of carbonyl (C=O) groups is 1. The van der Waals surface area contributed by atoms with Crippen LogP contribution < -0.4 is 10.5 Å². The Morgan fingerprint density at radius 2 is 2.00 bits per heavy atom. The summed E-state index contributed by atoms with van der Waals surface area (Å²) in [5.74, 6) is 0.251. The van der Waals surface area contributed by atoms with Crippen LogP contribution in [0.1, 0.15) is 23.1 Å². The predicted molar refractivity (Wildman–Crippen MR) is 79.2 cm³/mol. The lowest BCUT2D eigenvalue weighted by molar-refractivity contribution is 0.0439. The van der Waals surface area contributed by atoms with Crippen molar-refractivity contribution in [3.05, 3.63) is 41.7 Å². The maximum atomic E-state index is 12.0. The number of ether oxygens (including phenoxy) is 2. The van der Waals surface area contributed by atoms with Crippen molar-refractivity contribution in [2.24, 2.45) is 7.05 Å². The molecule has 0 aliphatic heterocycles. The molecule has 0 radical (unpaired) electrons. The number of hydrogen-bond acceptors (Lipinski definition) is 5. The van der Waals surface area contributed by atoms with E-state index in [9.17, 15) is 4.79 Å². The van der Waals surface area contributed by atoms with Crippen LogP contribution in [0, 0.1) is 0 Å². The standard InChI is InChI=1S/C15H19N3O3/c1-3-12-13(16)14(18(2)17-12)15(19)21-10-9-20-11-7-5-4-6-8-11/h4-8H,3,9-10,16H2,1-2H3. The lowest BCUT2D eigenvalue weighted by Gasteiger charge is -2.07. The van der Waals surface area contributed by atoms with Crippen LogP contribution in [0.3, 0.4) is 0 Å². The van der Waals surface area contributed by atoms with Crippen LogP contribution >= 0.6 is 0 Å². The quantitative estimate of drug-likeness (QED) is 0.648. The van der Waals surface area contributed by atoms with Crippen molar-refractivity contribution in [2.75, 3.05) is 18.9 Å². The van der Waals surface area contributed by atoms with Crippen molar-refractivity contribution in [1.82, 2.24) is 9.78 Å². The van der Waals surface area contributed by atoms with Gasteiger partial charge in [0.05, 0.1) is 11.4 Å². The number of nitrogens with two attached hydrogens (primary N) is 1. The van der Waals surface area contributed by atoms with Crippen LogP contribution in [0.15, 0.2) is 30.3 Å². The molecule has 2 aromatic rings. The Labute approximate surface area is 123 Å². The lowest BCUT2D eigenvalue weighted by Crippen LogP contribution is -2.16. The van der Waals surface area contributed by atoms with E-state index in [2.05, 4.69) is 5.10 Å². The highest BCUT2D eigenvalue weighted by atomic mass is 16.6. The number of para-hydroxylation sites is 1. The molecule has 0 saturated carbocycles. The van der Waals surface area contributed by atoms with Gasteiger partial charge >= 0.3 is 5.97 Å². The fourth-order valence-electron chi connectivity index (χ4n) is 1.98. The first kappa shape index (κ1) is 14.9. The maximum Gasteiger partial charge on any atom is 0.358 e. The summed E-state index contributed by atoms with van der Waals surface area (Å²) in [7, 11) is 1.67. The number of nitrogens with zero attached hydrogens (tertiary/aromatic N) is 2. The van der Waals surface area contributed by atoms with Crippen LogP contribution in [0.5, 0.6) is 5.75 Å². The molecule has 0 unspecified atom stereocenters. The van der Waals surface area contributed by atoms with E-state index >= 15 is 0 Å². The van der Waals surface area contributed by atoms with Gasteiger partial charge in [0.2, 0.25) is 0 Å². The Balaban J connectivity index is 1.86. The topological polar surface area (TPSA) is 79.4 Å². The summed E-state index contributed by atoms with van der Waals surface area (Å²) in [6, 6.07) is 9.35. The van der Waals surface area contributed by atoms with E-state index in [1.54, 1.807) is 7.05 Å². The van der Waals surface area contributed by atoms with E-state index < -0.39 is 5.97 Å². The van der Waals surface area contributed by atoms with Crippen LogP contribution in [0.2, 0.25) is 0 Å². The molecule has 1 aromatic heterocycles. The highest BCUT2D eigenvalue weighted by molar-refractivity contribution is 5.93. The van der Waals surface area contributed by atoms with E-state index in [1.165, 1.54) is 4.68 Å². The fraction of sp³-hybridized carbons (Fsp3) is 0.333. The third-order valence-electron chi connectivity index (χ3n) is 3.02. The molecule has 1 heterocycles.